The van der Waals surface area contributed by atoms with E-state index in [0.717, 1.165) is 22.3 Å². The van der Waals surface area contributed by atoms with Gasteiger partial charge in [0.05, 0.1) is 18.5 Å². The Morgan fingerprint density at radius 1 is 1.40 bits per heavy atom. The van der Waals surface area contributed by atoms with Gasteiger partial charge in [0, 0.05) is 10.9 Å². The highest BCUT2D eigenvalue weighted by Crippen LogP contribution is 2.21. The molecular formula is C11H12N2O2. The molecule has 2 rings (SSSR count). The van der Waals surface area contributed by atoms with Gasteiger partial charge in [-0.25, -0.2) is 0 Å². The first-order chi connectivity index (χ1) is 7.24. The van der Waals surface area contributed by atoms with Crippen molar-refractivity contribution in [2.45, 2.75) is 6.92 Å². The molecule has 0 unspecified atom stereocenters. The standard InChI is InChI=1S/C11H12N2O2/c1-7(13-14)11-6-8-5-9(15-2)3-4-10(8)12-11/h3-6,12,14H,1-2H3/b13-7+. The molecule has 2 N–H and O–H groups in total. The average molecular weight is 204 g/mol. The zero-order valence-corrected chi connectivity index (χ0v) is 8.61. The Bertz CT molecular complexity index is 514. The maximum Gasteiger partial charge on any atom is 0.119 e. The summed E-state index contributed by atoms with van der Waals surface area (Å²) in [5, 5.41) is 12.8. The van der Waals surface area contributed by atoms with E-state index in [2.05, 4.69) is 10.1 Å². The van der Waals surface area contributed by atoms with Crippen LogP contribution in [0.2, 0.25) is 0 Å². The Balaban J connectivity index is 2.56. The first-order valence-corrected chi connectivity index (χ1v) is 4.60. The third-order valence-electron chi connectivity index (χ3n) is 2.37. The number of hydrogen-bond donors (Lipinski definition) is 2. The Labute approximate surface area is 87.2 Å². The maximum absolute atomic E-state index is 8.66. The fourth-order valence-electron chi connectivity index (χ4n) is 1.49. The van der Waals surface area contributed by atoms with E-state index >= 15 is 0 Å². The highest BCUT2D eigenvalue weighted by molar-refractivity contribution is 6.01. The van der Waals surface area contributed by atoms with Crippen molar-refractivity contribution in [1.29, 1.82) is 0 Å². The summed E-state index contributed by atoms with van der Waals surface area (Å²) in [6.45, 7) is 1.74. The first kappa shape index (κ1) is 9.58. The molecule has 2 aromatic rings. The SMILES string of the molecule is COc1ccc2[nH]c(/C(C)=N/O)cc2c1. The molecule has 1 aromatic heterocycles. The van der Waals surface area contributed by atoms with E-state index in [0.29, 0.717) is 5.71 Å². The Morgan fingerprint density at radius 3 is 2.87 bits per heavy atom. The maximum atomic E-state index is 8.66. The highest BCUT2D eigenvalue weighted by Gasteiger charge is 2.04. The van der Waals surface area contributed by atoms with Crippen LogP contribution in [-0.2, 0) is 0 Å². The molecule has 0 aliphatic carbocycles. The highest BCUT2D eigenvalue weighted by atomic mass is 16.5. The molecule has 0 spiro atoms. The number of benzene rings is 1. The van der Waals surface area contributed by atoms with Crippen molar-refractivity contribution in [1.82, 2.24) is 4.98 Å². The fraction of sp³-hybridized carbons (Fsp3) is 0.182. The minimum Gasteiger partial charge on any atom is -0.497 e. The smallest absolute Gasteiger partial charge is 0.119 e. The molecule has 0 aliphatic heterocycles. The van der Waals surface area contributed by atoms with E-state index in [1.54, 1.807) is 14.0 Å². The van der Waals surface area contributed by atoms with Crippen LogP contribution in [0.4, 0.5) is 0 Å². The zero-order valence-electron chi connectivity index (χ0n) is 8.61. The zero-order chi connectivity index (χ0) is 10.8. The molecule has 78 valence electrons. The summed E-state index contributed by atoms with van der Waals surface area (Å²) in [5.41, 5.74) is 2.36. The lowest BCUT2D eigenvalue weighted by Gasteiger charge is -1.97. The normalized spacial score (nSPS) is 12.0. The van der Waals surface area contributed by atoms with Crippen LogP contribution in [0, 0.1) is 0 Å². The van der Waals surface area contributed by atoms with Gasteiger partial charge in [0.1, 0.15) is 5.75 Å². The van der Waals surface area contributed by atoms with Crippen LogP contribution in [-0.4, -0.2) is 23.0 Å². The second kappa shape index (κ2) is 3.65. The number of rotatable bonds is 2. The van der Waals surface area contributed by atoms with Crippen LogP contribution in [0.1, 0.15) is 12.6 Å². The molecule has 0 atom stereocenters. The summed E-state index contributed by atoms with van der Waals surface area (Å²) in [6.07, 6.45) is 0. The second-order valence-corrected chi connectivity index (χ2v) is 3.32. The summed E-state index contributed by atoms with van der Waals surface area (Å²) in [5.74, 6) is 0.812. The number of ether oxygens (including phenoxy) is 1. The van der Waals surface area contributed by atoms with Crippen LogP contribution in [0.25, 0.3) is 10.9 Å². The number of oxime groups is 1. The van der Waals surface area contributed by atoms with Crippen molar-refractivity contribution in [3.05, 3.63) is 30.0 Å². The minimum absolute atomic E-state index is 0.560. The van der Waals surface area contributed by atoms with E-state index in [4.69, 9.17) is 9.94 Å². The van der Waals surface area contributed by atoms with Crippen molar-refractivity contribution in [3.8, 4) is 5.75 Å². The number of methoxy groups -OCH3 is 1. The summed E-state index contributed by atoms with van der Waals surface area (Å²) < 4.78 is 5.12. The summed E-state index contributed by atoms with van der Waals surface area (Å²) >= 11 is 0. The average Bonchev–Trinajstić information content (AvgIpc) is 2.70. The molecule has 1 aromatic carbocycles. The molecule has 0 bridgehead atoms. The van der Waals surface area contributed by atoms with Gasteiger partial charge in [-0.3, -0.25) is 0 Å². The van der Waals surface area contributed by atoms with Crippen molar-refractivity contribution >= 4 is 16.6 Å². The predicted octanol–water partition coefficient (Wildman–Crippen LogP) is 2.37. The molecule has 15 heavy (non-hydrogen) atoms. The molecule has 0 amide bonds. The van der Waals surface area contributed by atoms with Crippen LogP contribution >= 0.6 is 0 Å². The minimum atomic E-state index is 0.560. The van der Waals surface area contributed by atoms with Gasteiger partial charge in [0.25, 0.3) is 0 Å². The van der Waals surface area contributed by atoms with Crippen molar-refractivity contribution in [3.63, 3.8) is 0 Å². The number of nitrogens with one attached hydrogen (secondary N) is 1. The summed E-state index contributed by atoms with van der Waals surface area (Å²) in [6, 6.07) is 7.67. The quantitative estimate of drug-likeness (QED) is 0.448. The number of aromatic amines is 1. The van der Waals surface area contributed by atoms with E-state index in [1.165, 1.54) is 0 Å². The van der Waals surface area contributed by atoms with Gasteiger partial charge in [0.15, 0.2) is 0 Å². The molecule has 4 nitrogen and oxygen atoms in total. The molecular weight excluding hydrogens is 192 g/mol. The van der Waals surface area contributed by atoms with Crippen molar-refractivity contribution in [2.75, 3.05) is 7.11 Å². The van der Waals surface area contributed by atoms with Crippen molar-refractivity contribution in [2.24, 2.45) is 5.16 Å². The molecule has 0 aliphatic rings. The number of fused-ring (bicyclic) bond motifs is 1. The van der Waals surface area contributed by atoms with Crippen molar-refractivity contribution < 1.29 is 9.94 Å². The van der Waals surface area contributed by atoms with Crippen LogP contribution in [0.15, 0.2) is 29.4 Å². The van der Waals surface area contributed by atoms with Gasteiger partial charge in [-0.1, -0.05) is 5.16 Å². The molecule has 0 fully saturated rings. The number of nitrogens with zero attached hydrogens (tertiary/aromatic N) is 1. The van der Waals surface area contributed by atoms with Gasteiger partial charge < -0.3 is 14.9 Å². The Hall–Kier alpha value is -1.97. The lowest BCUT2D eigenvalue weighted by molar-refractivity contribution is 0.319. The summed E-state index contributed by atoms with van der Waals surface area (Å²) in [7, 11) is 1.63. The third kappa shape index (κ3) is 1.66. The number of H-pyrrole nitrogens is 1. The van der Waals surface area contributed by atoms with E-state index in [-0.39, 0.29) is 0 Å². The van der Waals surface area contributed by atoms with E-state index in [9.17, 15) is 0 Å². The van der Waals surface area contributed by atoms with Gasteiger partial charge in [-0.2, -0.15) is 0 Å². The van der Waals surface area contributed by atoms with Gasteiger partial charge in [0.2, 0.25) is 0 Å². The van der Waals surface area contributed by atoms with E-state index < -0.39 is 0 Å². The topological polar surface area (TPSA) is 57.6 Å². The molecule has 1 heterocycles. The second-order valence-electron chi connectivity index (χ2n) is 3.32. The molecule has 0 saturated carbocycles. The Kier molecular flexibility index (Phi) is 2.33. The van der Waals surface area contributed by atoms with Gasteiger partial charge >= 0.3 is 0 Å². The monoisotopic (exact) mass is 204 g/mol. The fourth-order valence-corrected chi connectivity index (χ4v) is 1.49. The van der Waals surface area contributed by atoms with Gasteiger partial charge in [-0.05, 0) is 31.2 Å². The summed E-state index contributed by atoms with van der Waals surface area (Å²) in [4.78, 5) is 3.15. The Morgan fingerprint density at radius 2 is 2.20 bits per heavy atom. The molecule has 0 saturated heterocycles. The lowest BCUT2D eigenvalue weighted by Crippen LogP contribution is -1.93. The van der Waals surface area contributed by atoms with E-state index in [1.807, 2.05) is 24.3 Å². The van der Waals surface area contributed by atoms with Crippen LogP contribution in [0.5, 0.6) is 5.75 Å². The molecule has 4 heteroatoms. The number of hydrogen-bond acceptors (Lipinski definition) is 3. The van der Waals surface area contributed by atoms with Gasteiger partial charge in [-0.15, -0.1) is 0 Å². The first-order valence-electron chi connectivity index (χ1n) is 4.60. The third-order valence-corrected chi connectivity index (χ3v) is 2.37. The van der Waals surface area contributed by atoms with Crippen LogP contribution < -0.4 is 4.74 Å². The number of aromatic nitrogens is 1. The van der Waals surface area contributed by atoms with Crippen LogP contribution in [0.3, 0.4) is 0 Å². The molecule has 0 radical (unpaired) electrons. The predicted molar refractivity (Wildman–Crippen MR) is 58.8 cm³/mol. The largest absolute Gasteiger partial charge is 0.497 e. The lowest BCUT2D eigenvalue weighted by atomic mass is 10.2.